The first-order valence-corrected chi connectivity index (χ1v) is 5.35. The molecule has 0 aliphatic heterocycles. The highest BCUT2D eigenvalue weighted by molar-refractivity contribution is 7.71. The van der Waals surface area contributed by atoms with Crippen LogP contribution in [0.3, 0.4) is 0 Å². The Hall–Kier alpha value is -1.63. The molecule has 0 aliphatic rings. The van der Waals surface area contributed by atoms with Gasteiger partial charge in [-0.25, -0.2) is 4.39 Å². The van der Waals surface area contributed by atoms with Crippen LogP contribution in [0.2, 0.25) is 0 Å². The lowest BCUT2D eigenvalue weighted by molar-refractivity contribution is -0.137. The summed E-state index contributed by atoms with van der Waals surface area (Å²) in [6.45, 7) is 1.68. The summed E-state index contributed by atoms with van der Waals surface area (Å²) in [5, 5.41) is 0. The van der Waals surface area contributed by atoms with Crippen LogP contribution in [0.25, 0.3) is 5.69 Å². The van der Waals surface area contributed by atoms with Crippen LogP contribution in [0, 0.1) is 17.5 Å². The molecule has 0 atom stereocenters. The van der Waals surface area contributed by atoms with Crippen LogP contribution >= 0.6 is 12.2 Å². The fourth-order valence-corrected chi connectivity index (χ4v) is 1.88. The summed E-state index contributed by atoms with van der Waals surface area (Å²) in [7, 11) is 0. The van der Waals surface area contributed by atoms with Crippen LogP contribution in [0.1, 0.15) is 11.3 Å². The third-order valence-corrected chi connectivity index (χ3v) is 2.68. The van der Waals surface area contributed by atoms with E-state index in [2.05, 4.69) is 4.98 Å². The summed E-state index contributed by atoms with van der Waals surface area (Å²) in [5.74, 6) is -0.766. The van der Waals surface area contributed by atoms with E-state index in [-0.39, 0.29) is 10.5 Å². The number of H-pyrrole nitrogens is 1. The second-order valence-electron chi connectivity index (χ2n) is 3.78. The molecule has 1 heterocycles. The van der Waals surface area contributed by atoms with Crippen LogP contribution in [-0.2, 0) is 6.18 Å². The van der Waals surface area contributed by atoms with Gasteiger partial charge in [-0.1, -0.05) is 0 Å². The fraction of sp³-hybridized carbons (Fsp3) is 0.182. The van der Waals surface area contributed by atoms with E-state index in [0.29, 0.717) is 11.8 Å². The molecule has 1 N–H and O–H groups in total. The van der Waals surface area contributed by atoms with Crippen LogP contribution in [-0.4, -0.2) is 9.55 Å². The minimum absolute atomic E-state index is 0.144. The zero-order valence-electron chi connectivity index (χ0n) is 9.18. The molecule has 0 bridgehead atoms. The number of halogens is 4. The van der Waals surface area contributed by atoms with E-state index in [4.69, 9.17) is 12.2 Å². The predicted molar refractivity (Wildman–Crippen MR) is 60.7 cm³/mol. The van der Waals surface area contributed by atoms with E-state index in [9.17, 15) is 17.6 Å². The van der Waals surface area contributed by atoms with Gasteiger partial charge in [-0.2, -0.15) is 13.2 Å². The summed E-state index contributed by atoms with van der Waals surface area (Å²) in [5.41, 5.74) is -0.504. The Morgan fingerprint density at radius 1 is 1.28 bits per heavy atom. The highest BCUT2D eigenvalue weighted by Crippen LogP contribution is 2.31. The number of imidazole rings is 1. The SMILES string of the molecule is Cc1cn(-c2cc(C(F)(F)F)ccc2F)c(=S)[nH]1. The molecule has 2 aromatic rings. The molecule has 1 aromatic heterocycles. The molecule has 0 saturated heterocycles. The number of hydrogen-bond acceptors (Lipinski definition) is 1. The van der Waals surface area contributed by atoms with Gasteiger partial charge in [0.15, 0.2) is 4.77 Å². The van der Waals surface area contributed by atoms with Crippen molar-refractivity contribution in [3.8, 4) is 5.69 Å². The van der Waals surface area contributed by atoms with E-state index in [1.54, 1.807) is 6.92 Å². The second kappa shape index (κ2) is 4.24. The average molecular weight is 276 g/mol. The van der Waals surface area contributed by atoms with E-state index in [1.165, 1.54) is 10.8 Å². The van der Waals surface area contributed by atoms with Gasteiger partial charge in [0.2, 0.25) is 0 Å². The molecule has 0 unspecified atom stereocenters. The van der Waals surface area contributed by atoms with Crippen molar-refractivity contribution in [1.82, 2.24) is 9.55 Å². The molecule has 0 saturated carbocycles. The average Bonchev–Trinajstić information content (AvgIpc) is 2.56. The number of benzene rings is 1. The van der Waals surface area contributed by atoms with Gasteiger partial charge in [0, 0.05) is 11.9 Å². The summed E-state index contributed by atoms with van der Waals surface area (Å²) in [6, 6.07) is 2.21. The summed E-state index contributed by atoms with van der Waals surface area (Å²) >= 11 is 4.91. The zero-order valence-corrected chi connectivity index (χ0v) is 9.99. The monoisotopic (exact) mass is 276 g/mol. The standard InChI is InChI=1S/C11H8F4N2S/c1-6-5-17(10(18)16-6)9-4-7(11(13,14)15)2-3-8(9)12/h2-5H,1H3,(H,16,18). The number of hydrogen-bond donors (Lipinski definition) is 1. The van der Waals surface area contributed by atoms with Crippen molar-refractivity contribution in [1.29, 1.82) is 0 Å². The summed E-state index contributed by atoms with van der Waals surface area (Å²) in [6.07, 6.45) is -3.07. The van der Waals surface area contributed by atoms with Crippen LogP contribution in [0.4, 0.5) is 17.6 Å². The van der Waals surface area contributed by atoms with Crippen molar-refractivity contribution >= 4 is 12.2 Å². The predicted octanol–water partition coefficient (Wildman–Crippen LogP) is 4.00. The van der Waals surface area contributed by atoms with Gasteiger partial charge in [0.05, 0.1) is 11.3 Å². The molecule has 2 nitrogen and oxygen atoms in total. The number of nitrogens with one attached hydrogen (secondary N) is 1. The first-order chi connectivity index (χ1) is 8.29. The van der Waals surface area contributed by atoms with Gasteiger partial charge in [-0.15, -0.1) is 0 Å². The number of rotatable bonds is 1. The number of aromatic nitrogens is 2. The minimum atomic E-state index is -4.52. The molecule has 18 heavy (non-hydrogen) atoms. The summed E-state index contributed by atoms with van der Waals surface area (Å²) < 4.78 is 52.6. The maximum Gasteiger partial charge on any atom is 0.416 e. The molecule has 0 spiro atoms. The van der Waals surface area contributed by atoms with Crippen molar-refractivity contribution in [2.75, 3.05) is 0 Å². The molecule has 96 valence electrons. The lowest BCUT2D eigenvalue weighted by Gasteiger charge is -2.10. The largest absolute Gasteiger partial charge is 0.416 e. The Labute approximate surface area is 105 Å². The van der Waals surface area contributed by atoms with Crippen molar-refractivity contribution in [3.63, 3.8) is 0 Å². The van der Waals surface area contributed by atoms with Crippen molar-refractivity contribution in [2.24, 2.45) is 0 Å². The molecule has 0 radical (unpaired) electrons. The third kappa shape index (κ3) is 2.31. The van der Waals surface area contributed by atoms with Crippen LogP contribution < -0.4 is 0 Å². The van der Waals surface area contributed by atoms with Crippen molar-refractivity contribution in [3.05, 3.63) is 46.2 Å². The molecule has 0 aliphatic carbocycles. The first kappa shape index (κ1) is 12.8. The minimum Gasteiger partial charge on any atom is -0.335 e. The fourth-order valence-electron chi connectivity index (χ4n) is 1.57. The van der Waals surface area contributed by atoms with Gasteiger partial charge in [0.1, 0.15) is 5.82 Å². The van der Waals surface area contributed by atoms with E-state index in [1.807, 2.05) is 0 Å². The molecule has 1 aromatic carbocycles. The maximum atomic E-state index is 13.6. The van der Waals surface area contributed by atoms with Gasteiger partial charge in [-0.05, 0) is 37.3 Å². The highest BCUT2D eigenvalue weighted by atomic mass is 32.1. The van der Waals surface area contributed by atoms with E-state index < -0.39 is 17.6 Å². The lowest BCUT2D eigenvalue weighted by Crippen LogP contribution is -2.07. The van der Waals surface area contributed by atoms with Crippen LogP contribution in [0.15, 0.2) is 24.4 Å². The Balaban J connectivity index is 2.64. The highest BCUT2D eigenvalue weighted by Gasteiger charge is 2.31. The normalized spacial score (nSPS) is 11.8. The second-order valence-corrected chi connectivity index (χ2v) is 4.16. The molecular weight excluding hydrogens is 268 g/mol. The molecular formula is C11H8F4N2S. The zero-order chi connectivity index (χ0) is 13.5. The van der Waals surface area contributed by atoms with Crippen LogP contribution in [0.5, 0.6) is 0 Å². The van der Waals surface area contributed by atoms with Gasteiger partial charge < -0.3 is 4.98 Å². The Morgan fingerprint density at radius 2 is 1.94 bits per heavy atom. The Kier molecular flexibility index (Phi) is 3.02. The van der Waals surface area contributed by atoms with E-state index >= 15 is 0 Å². The van der Waals surface area contributed by atoms with Gasteiger partial charge in [-0.3, -0.25) is 4.57 Å². The Morgan fingerprint density at radius 3 is 2.44 bits per heavy atom. The molecule has 0 fully saturated rings. The topological polar surface area (TPSA) is 20.7 Å². The maximum absolute atomic E-state index is 13.6. The number of nitrogens with zero attached hydrogens (tertiary/aromatic N) is 1. The molecule has 7 heteroatoms. The third-order valence-electron chi connectivity index (χ3n) is 2.38. The lowest BCUT2D eigenvalue weighted by atomic mass is 10.2. The molecule has 0 amide bonds. The number of aryl methyl sites for hydroxylation is 1. The number of alkyl halides is 3. The quantitative estimate of drug-likeness (QED) is 0.616. The van der Waals surface area contributed by atoms with Crippen molar-refractivity contribution < 1.29 is 17.6 Å². The van der Waals surface area contributed by atoms with Gasteiger partial charge >= 0.3 is 6.18 Å². The Bertz CT molecular complexity index is 639. The van der Waals surface area contributed by atoms with Crippen molar-refractivity contribution in [2.45, 2.75) is 13.1 Å². The molecule has 2 rings (SSSR count). The first-order valence-electron chi connectivity index (χ1n) is 4.94. The number of aromatic amines is 1. The summed E-state index contributed by atoms with van der Waals surface area (Å²) in [4.78, 5) is 2.72. The van der Waals surface area contributed by atoms with E-state index in [0.717, 1.165) is 12.1 Å². The van der Waals surface area contributed by atoms with Gasteiger partial charge in [0.25, 0.3) is 0 Å². The smallest absolute Gasteiger partial charge is 0.335 e.